The highest BCUT2D eigenvalue weighted by Gasteiger charge is 2.48. The molecule has 0 aromatic heterocycles. The Bertz CT molecular complexity index is 1410. The highest BCUT2D eigenvalue weighted by molar-refractivity contribution is 5.14. The molecule has 0 saturated heterocycles. The van der Waals surface area contributed by atoms with Crippen LogP contribution in [0.2, 0.25) is 0 Å². The van der Waals surface area contributed by atoms with Crippen molar-refractivity contribution >= 4 is 0 Å². The Balaban J connectivity index is 0.000000158. The van der Waals surface area contributed by atoms with Crippen molar-refractivity contribution in [2.24, 2.45) is 87.1 Å². The summed E-state index contributed by atoms with van der Waals surface area (Å²) >= 11 is 0. The third-order valence-corrected chi connectivity index (χ3v) is 15.9. The van der Waals surface area contributed by atoms with E-state index in [1.165, 1.54) is 128 Å². The average molecular weight is 807 g/mol. The molecule has 0 unspecified atom stereocenters. The standard InChI is InChI=1S/C11H21N.2C11H17N.C7H11N.C6H9NO.C6H7N/c3*1-2-9-5-11(6-9,8-12)7-10-3-4-10;1-2-6-3-7(4-6)5-8;7-3-5-1-6(2-5)4-8;1-5-2-6(3-5)4-7/h9-10H,2-8,12H2,1H3;2*9-10H,2-7H2,1H3;6-7H,2-4H2,1H3;5-6,8H,1-2,4H2;6H,1-3H2. The van der Waals surface area contributed by atoms with E-state index in [9.17, 15) is 0 Å². The molecule has 0 aromatic carbocycles. The van der Waals surface area contributed by atoms with Gasteiger partial charge in [-0.3, -0.25) is 0 Å². The number of hydrogen-bond donors (Lipinski definition) is 2. The van der Waals surface area contributed by atoms with Crippen LogP contribution in [-0.4, -0.2) is 18.3 Å². The molecule has 326 valence electrons. The summed E-state index contributed by atoms with van der Waals surface area (Å²) in [7, 11) is 0. The zero-order valence-corrected chi connectivity index (χ0v) is 37.9. The van der Waals surface area contributed by atoms with Crippen LogP contribution in [0.4, 0.5) is 0 Å². The van der Waals surface area contributed by atoms with Crippen molar-refractivity contribution in [2.45, 2.75) is 188 Å². The van der Waals surface area contributed by atoms with Crippen LogP contribution in [0.25, 0.3) is 0 Å². The largest absolute Gasteiger partial charge is 0.396 e. The minimum Gasteiger partial charge on any atom is -0.396 e. The molecule has 9 rings (SSSR count). The van der Waals surface area contributed by atoms with Gasteiger partial charge in [0.2, 0.25) is 0 Å². The van der Waals surface area contributed by atoms with Gasteiger partial charge < -0.3 is 10.8 Å². The zero-order valence-electron chi connectivity index (χ0n) is 37.9. The lowest BCUT2D eigenvalue weighted by Gasteiger charge is -2.47. The van der Waals surface area contributed by atoms with E-state index in [0.717, 1.165) is 86.5 Å². The van der Waals surface area contributed by atoms with E-state index in [1.54, 1.807) is 0 Å². The quantitative estimate of drug-likeness (QED) is 0.185. The third-order valence-electron chi connectivity index (χ3n) is 15.9. The van der Waals surface area contributed by atoms with Crippen molar-refractivity contribution in [1.82, 2.24) is 0 Å². The summed E-state index contributed by atoms with van der Waals surface area (Å²) in [5, 5.41) is 51.5. The molecule has 0 amide bonds. The fourth-order valence-electron chi connectivity index (χ4n) is 10.7. The predicted molar refractivity (Wildman–Crippen MR) is 237 cm³/mol. The number of allylic oxidation sites excluding steroid dienone is 1. The highest BCUT2D eigenvalue weighted by atomic mass is 16.3. The molecule has 0 atom stereocenters. The molecule has 0 radical (unpaired) electrons. The second-order valence-electron chi connectivity index (χ2n) is 21.4. The van der Waals surface area contributed by atoms with Crippen molar-refractivity contribution in [3.8, 4) is 30.3 Å². The van der Waals surface area contributed by atoms with Gasteiger partial charge in [0.15, 0.2) is 0 Å². The summed E-state index contributed by atoms with van der Waals surface area (Å²) in [5.41, 5.74) is 7.94. The van der Waals surface area contributed by atoms with Crippen LogP contribution < -0.4 is 5.73 Å². The number of nitrogens with zero attached hydrogens (tertiary/aromatic N) is 5. The molecule has 9 aliphatic rings. The van der Waals surface area contributed by atoms with E-state index >= 15 is 0 Å². The average Bonchev–Trinajstić information content (AvgIpc) is 4.01. The molecule has 59 heavy (non-hydrogen) atoms. The minimum absolute atomic E-state index is 0.127. The van der Waals surface area contributed by atoms with Crippen LogP contribution in [0.1, 0.15) is 188 Å². The fourth-order valence-corrected chi connectivity index (χ4v) is 10.7. The summed E-state index contributed by atoms with van der Waals surface area (Å²) in [6.45, 7) is 13.9. The SMILES string of the molecule is C=C1CC(C#N)C1.CCC1CC(C#N)(CC2CC2)C1.CCC1CC(C#N)(CC2CC2)C1.CCC1CC(C#N)C1.CCC1CC(CN)(CC2CC2)C1.N#CC1CC(CO)C1. The second-order valence-corrected chi connectivity index (χ2v) is 21.4. The van der Waals surface area contributed by atoms with Crippen LogP contribution in [0.3, 0.4) is 0 Å². The summed E-state index contributed by atoms with van der Waals surface area (Å²) in [6.07, 6.45) is 31.2. The van der Waals surface area contributed by atoms with Crippen molar-refractivity contribution in [3.63, 3.8) is 0 Å². The zero-order chi connectivity index (χ0) is 43.1. The van der Waals surface area contributed by atoms with Gasteiger partial charge in [0.25, 0.3) is 0 Å². The molecule has 9 saturated carbocycles. The second kappa shape index (κ2) is 23.4. The van der Waals surface area contributed by atoms with Crippen molar-refractivity contribution < 1.29 is 5.11 Å². The lowest BCUT2D eigenvalue weighted by Crippen LogP contribution is -2.43. The van der Waals surface area contributed by atoms with E-state index in [1.807, 2.05) is 0 Å². The Morgan fingerprint density at radius 3 is 1.15 bits per heavy atom. The van der Waals surface area contributed by atoms with E-state index in [2.05, 4.69) is 64.6 Å². The summed E-state index contributed by atoms with van der Waals surface area (Å²) in [4.78, 5) is 0. The first-order valence-corrected chi connectivity index (χ1v) is 24.4. The van der Waals surface area contributed by atoms with Crippen LogP contribution in [0, 0.1) is 138 Å². The monoisotopic (exact) mass is 807 g/mol. The Morgan fingerprint density at radius 2 is 0.881 bits per heavy atom. The number of aliphatic hydroxyl groups excluding tert-OH is 1. The van der Waals surface area contributed by atoms with Crippen molar-refractivity contribution in [1.29, 1.82) is 26.3 Å². The Hall–Kier alpha value is -2.89. The Kier molecular flexibility index (Phi) is 19.3. The van der Waals surface area contributed by atoms with Gasteiger partial charge in [0.1, 0.15) is 0 Å². The summed E-state index contributed by atoms with van der Waals surface area (Å²) in [5.74, 6) is 7.88. The maximum atomic E-state index is 9.08. The van der Waals surface area contributed by atoms with E-state index in [0.29, 0.717) is 23.2 Å². The maximum absolute atomic E-state index is 9.08. The van der Waals surface area contributed by atoms with Gasteiger partial charge in [-0.15, -0.1) is 0 Å². The number of hydrogen-bond acceptors (Lipinski definition) is 7. The van der Waals surface area contributed by atoms with Crippen molar-refractivity contribution in [3.05, 3.63) is 12.2 Å². The van der Waals surface area contributed by atoms with E-state index in [4.69, 9.17) is 37.1 Å². The molecule has 0 bridgehead atoms. The highest BCUT2D eigenvalue weighted by Crippen LogP contribution is 2.56. The molecular weight excluding hydrogens is 725 g/mol. The summed E-state index contributed by atoms with van der Waals surface area (Å²) < 4.78 is 0. The molecule has 0 aromatic rings. The number of rotatable bonds is 12. The van der Waals surface area contributed by atoms with Gasteiger partial charge in [0.05, 0.1) is 47.1 Å². The molecule has 7 heteroatoms. The summed E-state index contributed by atoms with van der Waals surface area (Å²) in [6, 6.07) is 11.7. The first kappa shape index (κ1) is 48.8. The minimum atomic E-state index is 0.127. The van der Waals surface area contributed by atoms with Gasteiger partial charge in [-0.25, -0.2) is 0 Å². The van der Waals surface area contributed by atoms with Gasteiger partial charge >= 0.3 is 0 Å². The predicted octanol–water partition coefficient (Wildman–Crippen LogP) is 12.7. The normalized spacial score (nSPS) is 36.8. The van der Waals surface area contributed by atoms with Crippen LogP contribution in [0.5, 0.6) is 0 Å². The molecule has 9 fully saturated rings. The van der Waals surface area contributed by atoms with Gasteiger partial charge in [-0.2, -0.15) is 26.3 Å². The molecule has 9 aliphatic carbocycles. The first-order valence-electron chi connectivity index (χ1n) is 24.4. The molecule has 0 heterocycles. The Morgan fingerprint density at radius 1 is 0.525 bits per heavy atom. The smallest absolute Gasteiger partial charge is 0.0690 e. The lowest BCUT2D eigenvalue weighted by atomic mass is 9.59. The number of aliphatic hydroxyl groups is 1. The molecular formula is C52H82N6O. The van der Waals surface area contributed by atoms with Gasteiger partial charge in [-0.05, 0) is 156 Å². The van der Waals surface area contributed by atoms with Crippen LogP contribution in [0.15, 0.2) is 12.2 Å². The molecule has 3 N–H and O–H groups in total. The van der Waals surface area contributed by atoms with Gasteiger partial charge in [-0.1, -0.05) is 104 Å². The molecule has 0 aliphatic heterocycles. The Labute approximate surface area is 361 Å². The number of nitriles is 5. The lowest BCUT2D eigenvalue weighted by molar-refractivity contribution is 0.0457. The van der Waals surface area contributed by atoms with Crippen molar-refractivity contribution in [2.75, 3.05) is 13.2 Å². The van der Waals surface area contributed by atoms with Crippen LogP contribution in [-0.2, 0) is 0 Å². The molecule has 7 nitrogen and oxygen atoms in total. The fraction of sp³-hybridized carbons (Fsp3) is 0.865. The van der Waals surface area contributed by atoms with E-state index in [-0.39, 0.29) is 23.4 Å². The maximum Gasteiger partial charge on any atom is 0.0690 e. The first-order chi connectivity index (χ1) is 28.4. The topological polar surface area (TPSA) is 165 Å². The van der Waals surface area contributed by atoms with Gasteiger partial charge in [0, 0.05) is 18.4 Å². The van der Waals surface area contributed by atoms with Crippen LogP contribution >= 0.6 is 0 Å². The third kappa shape index (κ3) is 15.5. The number of nitrogens with two attached hydrogens (primary N) is 1. The van der Waals surface area contributed by atoms with E-state index < -0.39 is 0 Å². The molecule has 0 spiro atoms.